The molecule has 162 valence electrons. The summed E-state index contributed by atoms with van der Waals surface area (Å²) >= 11 is 0. The van der Waals surface area contributed by atoms with Gasteiger partial charge in [-0.25, -0.2) is 4.39 Å². The van der Waals surface area contributed by atoms with E-state index < -0.39 is 0 Å². The van der Waals surface area contributed by atoms with Crippen molar-refractivity contribution in [1.29, 1.82) is 0 Å². The average Bonchev–Trinajstić information content (AvgIpc) is 2.78. The fourth-order valence-electron chi connectivity index (χ4n) is 4.49. The summed E-state index contributed by atoms with van der Waals surface area (Å²) in [6, 6.07) is 13.1. The molecule has 0 fully saturated rings. The number of aromatic nitrogens is 1. The van der Waals surface area contributed by atoms with Crippen molar-refractivity contribution in [1.82, 2.24) is 10.3 Å². The number of hydrogen-bond acceptors (Lipinski definition) is 5. The van der Waals surface area contributed by atoms with Gasteiger partial charge in [-0.05, 0) is 74.7 Å². The SMILES string of the molecule is Cc1ccc2c3c(ccc2n1)OC[C@H](CNCCCN1CCCc2ccc(F)cc21)O3. The van der Waals surface area contributed by atoms with Gasteiger partial charge in [0.1, 0.15) is 18.5 Å². The van der Waals surface area contributed by atoms with Gasteiger partial charge in [-0.2, -0.15) is 0 Å². The van der Waals surface area contributed by atoms with Crippen molar-refractivity contribution in [2.24, 2.45) is 0 Å². The van der Waals surface area contributed by atoms with Crippen LogP contribution in [0.4, 0.5) is 10.1 Å². The molecule has 0 spiro atoms. The summed E-state index contributed by atoms with van der Waals surface area (Å²) in [5.74, 6) is 1.41. The number of rotatable bonds is 6. The Bertz CT molecular complexity index is 1090. The molecule has 6 heteroatoms. The molecule has 2 aromatic carbocycles. The van der Waals surface area contributed by atoms with E-state index in [1.54, 1.807) is 12.1 Å². The maximum absolute atomic E-state index is 13.7. The van der Waals surface area contributed by atoms with Crippen LogP contribution >= 0.6 is 0 Å². The molecule has 0 amide bonds. The molecular weight excluding hydrogens is 393 g/mol. The molecule has 1 aromatic heterocycles. The highest BCUT2D eigenvalue weighted by Gasteiger charge is 2.23. The monoisotopic (exact) mass is 421 g/mol. The van der Waals surface area contributed by atoms with Crippen LogP contribution in [0.2, 0.25) is 0 Å². The fraction of sp³-hybridized carbons (Fsp3) is 0.400. The van der Waals surface area contributed by atoms with E-state index in [4.69, 9.17) is 9.47 Å². The molecule has 5 nitrogen and oxygen atoms in total. The number of nitrogens with one attached hydrogen (secondary N) is 1. The minimum Gasteiger partial charge on any atom is -0.486 e. The average molecular weight is 422 g/mol. The van der Waals surface area contributed by atoms with Gasteiger partial charge in [-0.1, -0.05) is 6.07 Å². The van der Waals surface area contributed by atoms with Crippen molar-refractivity contribution >= 4 is 16.6 Å². The summed E-state index contributed by atoms with van der Waals surface area (Å²) in [6.07, 6.45) is 3.12. The van der Waals surface area contributed by atoms with Crippen molar-refractivity contribution in [2.75, 3.05) is 37.7 Å². The first-order chi connectivity index (χ1) is 15.2. The van der Waals surface area contributed by atoms with E-state index in [0.29, 0.717) is 6.61 Å². The van der Waals surface area contributed by atoms with Crippen molar-refractivity contribution in [3.63, 3.8) is 0 Å². The molecule has 3 aromatic rings. The third-order valence-corrected chi connectivity index (χ3v) is 6.05. The van der Waals surface area contributed by atoms with Crippen LogP contribution in [-0.4, -0.2) is 43.9 Å². The van der Waals surface area contributed by atoms with Gasteiger partial charge in [-0.15, -0.1) is 0 Å². The first-order valence-corrected chi connectivity index (χ1v) is 11.1. The molecule has 0 unspecified atom stereocenters. The summed E-state index contributed by atoms with van der Waals surface area (Å²) in [5.41, 5.74) is 4.22. The smallest absolute Gasteiger partial charge is 0.171 e. The van der Waals surface area contributed by atoms with Gasteiger partial charge in [0.15, 0.2) is 11.5 Å². The highest BCUT2D eigenvalue weighted by molar-refractivity contribution is 5.88. The van der Waals surface area contributed by atoms with E-state index in [9.17, 15) is 4.39 Å². The first kappa shape index (κ1) is 20.1. The molecule has 1 atom stereocenters. The number of hydrogen-bond donors (Lipinski definition) is 1. The first-order valence-electron chi connectivity index (χ1n) is 11.1. The zero-order valence-electron chi connectivity index (χ0n) is 17.9. The predicted molar refractivity (Wildman–Crippen MR) is 121 cm³/mol. The zero-order valence-corrected chi connectivity index (χ0v) is 17.9. The van der Waals surface area contributed by atoms with Crippen LogP contribution in [-0.2, 0) is 6.42 Å². The Morgan fingerprint density at radius 1 is 1.19 bits per heavy atom. The fourth-order valence-corrected chi connectivity index (χ4v) is 4.49. The van der Waals surface area contributed by atoms with E-state index >= 15 is 0 Å². The number of aryl methyl sites for hydroxylation is 2. The normalized spacial score (nSPS) is 17.6. The lowest BCUT2D eigenvalue weighted by atomic mass is 10.0. The van der Waals surface area contributed by atoms with Crippen molar-refractivity contribution < 1.29 is 13.9 Å². The van der Waals surface area contributed by atoms with Crippen molar-refractivity contribution in [3.05, 3.63) is 59.5 Å². The van der Waals surface area contributed by atoms with Crippen LogP contribution < -0.4 is 19.7 Å². The number of anilines is 1. The zero-order chi connectivity index (χ0) is 21.2. The lowest BCUT2D eigenvalue weighted by Crippen LogP contribution is -2.39. The number of benzene rings is 2. The minimum atomic E-state index is -0.156. The van der Waals surface area contributed by atoms with Crippen LogP contribution in [0.5, 0.6) is 11.5 Å². The largest absolute Gasteiger partial charge is 0.486 e. The topological polar surface area (TPSA) is 46.6 Å². The number of fused-ring (bicyclic) bond motifs is 4. The highest BCUT2D eigenvalue weighted by Crippen LogP contribution is 2.38. The molecule has 2 aliphatic heterocycles. The van der Waals surface area contributed by atoms with Crippen LogP contribution in [0.25, 0.3) is 10.9 Å². The third-order valence-electron chi connectivity index (χ3n) is 6.05. The predicted octanol–water partition coefficient (Wildman–Crippen LogP) is 4.25. The Morgan fingerprint density at radius 2 is 2.13 bits per heavy atom. The molecule has 5 rings (SSSR count). The second kappa shape index (κ2) is 8.71. The van der Waals surface area contributed by atoms with Crippen LogP contribution in [0.1, 0.15) is 24.1 Å². The standard InChI is InChI=1S/C25H28FN3O2/c1-17-5-8-21-22(28-17)9-10-24-25(21)31-20(16-30-24)15-27-11-3-13-29-12-2-4-18-6-7-19(26)14-23(18)29/h5-10,14,20,27H,2-4,11-13,15-16H2,1H3/t20-/m0/s1. The molecule has 2 aliphatic rings. The lowest BCUT2D eigenvalue weighted by molar-refractivity contribution is 0.0925. The number of halogens is 1. The molecule has 0 radical (unpaired) electrons. The summed E-state index contributed by atoms with van der Waals surface area (Å²) in [6.45, 7) is 6.04. The summed E-state index contributed by atoms with van der Waals surface area (Å²) in [4.78, 5) is 6.89. The van der Waals surface area contributed by atoms with E-state index in [2.05, 4.69) is 21.3 Å². The van der Waals surface area contributed by atoms with Gasteiger partial charge < -0.3 is 19.7 Å². The minimum absolute atomic E-state index is 0.0378. The second-order valence-electron chi connectivity index (χ2n) is 8.38. The van der Waals surface area contributed by atoms with Gasteiger partial charge in [0.25, 0.3) is 0 Å². The van der Waals surface area contributed by atoms with E-state index in [0.717, 1.165) is 79.2 Å². The molecule has 31 heavy (non-hydrogen) atoms. The molecule has 0 saturated carbocycles. The molecule has 0 saturated heterocycles. The van der Waals surface area contributed by atoms with Crippen LogP contribution in [0.3, 0.4) is 0 Å². The number of nitrogens with zero attached hydrogens (tertiary/aromatic N) is 2. The summed E-state index contributed by atoms with van der Waals surface area (Å²) in [7, 11) is 0. The van der Waals surface area contributed by atoms with Gasteiger partial charge >= 0.3 is 0 Å². The van der Waals surface area contributed by atoms with Crippen molar-refractivity contribution in [2.45, 2.75) is 32.3 Å². The quantitative estimate of drug-likeness (QED) is 0.603. The Balaban J connectivity index is 1.13. The summed E-state index contributed by atoms with van der Waals surface area (Å²) in [5, 5.41) is 4.49. The van der Waals surface area contributed by atoms with Gasteiger partial charge in [0, 0.05) is 36.4 Å². The maximum Gasteiger partial charge on any atom is 0.171 e. The molecule has 3 heterocycles. The molecule has 0 aliphatic carbocycles. The van der Waals surface area contributed by atoms with E-state index in [1.807, 2.05) is 31.2 Å². The van der Waals surface area contributed by atoms with Crippen molar-refractivity contribution in [3.8, 4) is 11.5 Å². The second-order valence-corrected chi connectivity index (χ2v) is 8.38. The molecular formula is C25H28FN3O2. The maximum atomic E-state index is 13.7. The number of ether oxygens (including phenoxy) is 2. The Labute approximate surface area is 182 Å². The van der Waals surface area contributed by atoms with Gasteiger partial charge in [0.2, 0.25) is 0 Å². The Kier molecular flexibility index (Phi) is 5.64. The molecule has 0 bridgehead atoms. The van der Waals surface area contributed by atoms with Crippen LogP contribution in [0, 0.1) is 12.7 Å². The summed E-state index contributed by atoms with van der Waals surface area (Å²) < 4.78 is 25.9. The third kappa shape index (κ3) is 4.30. The lowest BCUT2D eigenvalue weighted by Gasteiger charge is -2.31. The van der Waals surface area contributed by atoms with Gasteiger partial charge in [-0.3, -0.25) is 4.98 Å². The Morgan fingerprint density at radius 3 is 3.06 bits per heavy atom. The Hall–Kier alpha value is -2.86. The van der Waals surface area contributed by atoms with E-state index in [1.165, 1.54) is 5.56 Å². The van der Waals surface area contributed by atoms with Gasteiger partial charge in [0.05, 0.1) is 5.52 Å². The molecule has 1 N–H and O–H groups in total. The number of pyridine rings is 1. The highest BCUT2D eigenvalue weighted by atomic mass is 19.1. The van der Waals surface area contributed by atoms with E-state index in [-0.39, 0.29) is 11.9 Å². The van der Waals surface area contributed by atoms with Crippen LogP contribution in [0.15, 0.2) is 42.5 Å².